The Balaban J connectivity index is 0. The van der Waals surface area contributed by atoms with Crippen molar-refractivity contribution in [1.29, 1.82) is 0 Å². The molecule has 0 aromatic heterocycles. The maximum Gasteiger partial charge on any atom is -0.0465 e. The van der Waals surface area contributed by atoms with Crippen LogP contribution in [-0.4, -0.2) is 5.54 Å². The first-order valence-corrected chi connectivity index (χ1v) is 12.1. The second-order valence-corrected chi connectivity index (χ2v) is 8.92. The van der Waals surface area contributed by atoms with Gasteiger partial charge in [0.05, 0.1) is 0 Å². The normalized spacial score (nSPS) is 18.5. The molecule has 0 aromatic carbocycles. The molecule has 1 nitrogen and oxygen atoms in total. The fourth-order valence-electron chi connectivity index (χ4n) is 2.81. The van der Waals surface area contributed by atoms with Crippen LogP contribution in [0.3, 0.4) is 0 Å². The molecule has 0 saturated heterocycles. The van der Waals surface area contributed by atoms with E-state index in [4.69, 9.17) is 0 Å². The van der Waals surface area contributed by atoms with Crippen molar-refractivity contribution in [2.75, 3.05) is 0 Å². The molecule has 0 aliphatic heterocycles. The van der Waals surface area contributed by atoms with Crippen LogP contribution in [0.25, 0.3) is 0 Å². The maximum atomic E-state index is 4.13. The van der Waals surface area contributed by atoms with Crippen LogP contribution in [0.1, 0.15) is 112 Å². The zero-order valence-corrected chi connectivity index (χ0v) is 21.4. The Labute approximate surface area is 173 Å². The standard InChI is InChI=1S/2C8H15.C4H9N.C3H7.Ta/c2*1-2-8-6-4-3-5-7-8;1-4(2,3)5;1-3-2;/h2*3,8H,2,4-7H2,1H3;1-3H3;1,3H2,2H3;/q2*-1;;-1;. The topological polar surface area (TPSA) is 12.4 Å². The molecule has 2 aliphatic rings. The van der Waals surface area contributed by atoms with Crippen LogP contribution < -0.4 is 0 Å². The summed E-state index contributed by atoms with van der Waals surface area (Å²) in [4.78, 5) is 0. The van der Waals surface area contributed by atoms with Crippen LogP contribution in [0.4, 0.5) is 0 Å². The summed E-state index contributed by atoms with van der Waals surface area (Å²) in [7, 11) is 0. The Morgan fingerprint density at radius 1 is 0.840 bits per heavy atom. The molecule has 2 aliphatic carbocycles. The van der Waals surface area contributed by atoms with Crippen molar-refractivity contribution in [2.24, 2.45) is 15.2 Å². The van der Waals surface area contributed by atoms with E-state index in [2.05, 4.69) is 57.7 Å². The van der Waals surface area contributed by atoms with E-state index in [1.807, 2.05) is 6.92 Å². The molecule has 0 spiro atoms. The Hall–Kier alpha value is 0.540. The van der Waals surface area contributed by atoms with Gasteiger partial charge in [0.15, 0.2) is 0 Å². The fraction of sp³-hybridized carbons (Fsp3) is 0.870. The van der Waals surface area contributed by atoms with Crippen molar-refractivity contribution in [1.82, 2.24) is 0 Å². The van der Waals surface area contributed by atoms with Crippen molar-refractivity contribution in [3.8, 4) is 0 Å². The first kappa shape index (κ1) is 27.8. The van der Waals surface area contributed by atoms with Gasteiger partial charge in [0, 0.05) is 0 Å². The van der Waals surface area contributed by atoms with E-state index in [9.17, 15) is 0 Å². The van der Waals surface area contributed by atoms with Gasteiger partial charge in [0.25, 0.3) is 0 Å². The molecule has 2 fully saturated rings. The average Bonchev–Trinajstić information content (AvgIpc) is 2.64. The quantitative estimate of drug-likeness (QED) is 0.327. The van der Waals surface area contributed by atoms with Crippen LogP contribution >= 0.6 is 0 Å². The summed E-state index contributed by atoms with van der Waals surface area (Å²) >= 11 is 1.15. The van der Waals surface area contributed by atoms with Crippen LogP contribution in [0.5, 0.6) is 0 Å². The Bertz CT molecular complexity index is 240. The zero-order chi connectivity index (χ0) is 19.6. The summed E-state index contributed by atoms with van der Waals surface area (Å²) in [6.45, 7) is 16.4. The summed E-state index contributed by atoms with van der Waals surface area (Å²) in [5.41, 5.74) is 0.216. The first-order valence-electron chi connectivity index (χ1n) is 10.6. The van der Waals surface area contributed by atoms with Gasteiger partial charge in [-0.25, -0.2) is 0 Å². The molecule has 0 atom stereocenters. The molecule has 0 bridgehead atoms. The molecule has 0 amide bonds. The summed E-state index contributed by atoms with van der Waals surface area (Å²) in [6, 6.07) is 0. The zero-order valence-electron chi connectivity index (χ0n) is 18.2. The molecule has 2 heteroatoms. The third-order valence-electron chi connectivity index (χ3n) is 4.57. The molecule has 0 N–H and O–H groups in total. The monoisotopic (exact) mass is 517 g/mol. The van der Waals surface area contributed by atoms with Gasteiger partial charge in [-0.3, -0.25) is 0 Å². The van der Waals surface area contributed by atoms with Gasteiger partial charge in [-0.15, -0.1) is 0 Å². The van der Waals surface area contributed by atoms with Crippen LogP contribution in [0, 0.1) is 31.6 Å². The molecule has 0 aromatic rings. The summed E-state index contributed by atoms with van der Waals surface area (Å²) in [6.07, 6.45) is 20.0. The average molecular weight is 518 g/mol. The summed E-state index contributed by atoms with van der Waals surface area (Å²) in [5.74, 6) is 2.11. The maximum absolute atomic E-state index is 4.13. The second-order valence-electron chi connectivity index (χ2n) is 8.21. The van der Waals surface area contributed by atoms with Gasteiger partial charge in [0.2, 0.25) is 0 Å². The van der Waals surface area contributed by atoms with Crippen molar-refractivity contribution >= 4 is 0 Å². The fourth-order valence-corrected chi connectivity index (χ4v) is 2.81. The summed E-state index contributed by atoms with van der Waals surface area (Å²) < 4.78 is 4.13. The van der Waals surface area contributed by atoms with E-state index in [-0.39, 0.29) is 5.54 Å². The minimum absolute atomic E-state index is 0.216. The Morgan fingerprint density at radius 3 is 1.20 bits per heavy atom. The predicted molar refractivity (Wildman–Crippen MR) is 111 cm³/mol. The van der Waals surface area contributed by atoms with Gasteiger partial charge >= 0.3 is 50.5 Å². The predicted octanol–water partition coefficient (Wildman–Crippen LogP) is 8.33. The Morgan fingerprint density at radius 2 is 1.08 bits per heavy atom. The van der Waals surface area contributed by atoms with Gasteiger partial charge in [-0.05, 0) is 11.8 Å². The molecule has 151 valence electrons. The molecule has 0 radical (unpaired) electrons. The number of hydrogen-bond donors (Lipinski definition) is 0. The van der Waals surface area contributed by atoms with E-state index in [1.165, 1.54) is 64.2 Å². The van der Waals surface area contributed by atoms with Crippen LogP contribution in [0.15, 0.2) is 3.34 Å². The largest absolute Gasteiger partial charge is 0.344 e. The van der Waals surface area contributed by atoms with Gasteiger partial charge in [-0.1, -0.05) is 59.3 Å². The third kappa shape index (κ3) is 22.5. The van der Waals surface area contributed by atoms with Crippen molar-refractivity contribution in [2.45, 2.75) is 118 Å². The van der Waals surface area contributed by atoms with Crippen molar-refractivity contribution in [3.05, 3.63) is 19.8 Å². The number of rotatable bonds is 2. The second kappa shape index (κ2) is 19.3. The molecule has 2 rings (SSSR count). The van der Waals surface area contributed by atoms with E-state index >= 15 is 0 Å². The van der Waals surface area contributed by atoms with Crippen molar-refractivity contribution in [3.63, 3.8) is 0 Å². The molecule has 0 heterocycles. The Kier molecular flexibility index (Phi) is 21.4. The van der Waals surface area contributed by atoms with Gasteiger partial charge in [0.1, 0.15) is 0 Å². The van der Waals surface area contributed by atoms with E-state index in [1.54, 1.807) is 0 Å². The third-order valence-corrected chi connectivity index (χ3v) is 6.73. The van der Waals surface area contributed by atoms with E-state index < -0.39 is 0 Å². The SMILES string of the molecule is CC(C)(C)[N]=[Ta].CCC1CC[CH-]CC1.CCC1CC[CH-]CC1.[CH2-]CC. The molecular weight excluding hydrogens is 471 g/mol. The molecule has 2 saturated carbocycles. The van der Waals surface area contributed by atoms with Crippen LogP contribution in [-0.2, 0) is 20.9 Å². The van der Waals surface area contributed by atoms with E-state index in [0.29, 0.717) is 0 Å². The number of hydrogen-bond acceptors (Lipinski definition) is 1. The van der Waals surface area contributed by atoms with Crippen LogP contribution in [0.2, 0.25) is 0 Å². The smallest absolute Gasteiger partial charge is 0.0465 e. The van der Waals surface area contributed by atoms with E-state index in [0.717, 1.165) is 39.1 Å². The first-order chi connectivity index (χ1) is 11.8. The summed E-state index contributed by atoms with van der Waals surface area (Å²) in [5, 5.41) is 0. The molecular formula is C23H46NTa-3. The molecule has 25 heavy (non-hydrogen) atoms. The minimum atomic E-state index is 0.216. The minimum Gasteiger partial charge on any atom is -0.344 e. The molecule has 0 unspecified atom stereocenters. The number of nitrogens with zero attached hydrogens (tertiary/aromatic N) is 1. The van der Waals surface area contributed by atoms with Gasteiger partial charge in [-0.2, -0.15) is 32.1 Å². The van der Waals surface area contributed by atoms with Crippen molar-refractivity contribution < 1.29 is 20.9 Å². The van der Waals surface area contributed by atoms with Gasteiger partial charge < -0.3 is 19.8 Å².